The zero-order valence-corrected chi connectivity index (χ0v) is 11.1. The fraction of sp³-hybridized carbons (Fsp3) is 0.727. The molecule has 0 spiro atoms. The number of imidazole rings is 1. The van der Waals surface area contributed by atoms with Crippen molar-refractivity contribution in [1.29, 1.82) is 0 Å². The summed E-state index contributed by atoms with van der Waals surface area (Å²) in [7, 11) is 4.19. The molecule has 0 radical (unpaired) electrons. The van der Waals surface area contributed by atoms with E-state index >= 15 is 0 Å². The van der Waals surface area contributed by atoms with Gasteiger partial charge in [0.1, 0.15) is 0 Å². The maximum Gasteiger partial charge on any atom is 0.177 e. The maximum atomic E-state index is 5.29. The number of nitrogens with one attached hydrogen (secondary N) is 1. The van der Waals surface area contributed by atoms with Gasteiger partial charge in [-0.2, -0.15) is 0 Å². The summed E-state index contributed by atoms with van der Waals surface area (Å²) < 4.78 is 3.03. The molecule has 3 nitrogen and oxygen atoms in total. The van der Waals surface area contributed by atoms with E-state index in [4.69, 9.17) is 12.2 Å². The van der Waals surface area contributed by atoms with Crippen LogP contribution in [0.25, 0.3) is 0 Å². The Kier molecular flexibility index (Phi) is 4.11. The molecule has 1 atom stereocenters. The fourth-order valence-corrected chi connectivity index (χ4v) is 1.74. The lowest BCUT2D eigenvalue weighted by molar-refractivity contribution is 0.280. The standard InChI is InChI=1S/C11H21N3S/c1-8(2)10-6-12-11(15)14(10)7-9(3)13(4)5/h6,8-9H,7H2,1-5H3,(H,12,15). The number of aromatic nitrogens is 2. The van der Waals surface area contributed by atoms with Crippen LogP contribution in [0.1, 0.15) is 32.4 Å². The van der Waals surface area contributed by atoms with Crippen molar-refractivity contribution in [3.05, 3.63) is 16.7 Å². The number of H-pyrrole nitrogens is 1. The first kappa shape index (κ1) is 12.5. The minimum absolute atomic E-state index is 0.491. The van der Waals surface area contributed by atoms with Gasteiger partial charge in [0.05, 0.1) is 0 Å². The third kappa shape index (κ3) is 2.92. The molecule has 15 heavy (non-hydrogen) atoms. The number of hydrogen-bond acceptors (Lipinski definition) is 2. The van der Waals surface area contributed by atoms with Crippen LogP contribution >= 0.6 is 12.2 Å². The lowest BCUT2D eigenvalue weighted by Crippen LogP contribution is -2.30. The first-order chi connectivity index (χ1) is 6.93. The highest BCUT2D eigenvalue weighted by atomic mass is 32.1. The minimum Gasteiger partial charge on any atom is -0.337 e. The molecule has 1 aromatic heterocycles. The van der Waals surface area contributed by atoms with Gasteiger partial charge in [-0.25, -0.2) is 0 Å². The van der Waals surface area contributed by atoms with E-state index in [0.717, 1.165) is 11.3 Å². The summed E-state index contributed by atoms with van der Waals surface area (Å²) in [5.74, 6) is 0.507. The Labute approximate surface area is 97.1 Å². The second-order valence-electron chi connectivity index (χ2n) is 4.60. The van der Waals surface area contributed by atoms with Gasteiger partial charge in [-0.15, -0.1) is 0 Å². The predicted octanol–water partition coefficient (Wildman–Crippen LogP) is 2.62. The normalized spacial score (nSPS) is 13.8. The molecule has 0 bridgehead atoms. The average Bonchev–Trinajstić information content (AvgIpc) is 2.48. The Morgan fingerprint density at radius 3 is 2.47 bits per heavy atom. The van der Waals surface area contributed by atoms with E-state index in [-0.39, 0.29) is 0 Å². The summed E-state index contributed by atoms with van der Waals surface area (Å²) in [5.41, 5.74) is 1.29. The quantitative estimate of drug-likeness (QED) is 0.800. The van der Waals surface area contributed by atoms with Crippen molar-refractivity contribution < 1.29 is 0 Å². The van der Waals surface area contributed by atoms with Crippen LogP contribution in [0.2, 0.25) is 0 Å². The molecule has 0 aliphatic heterocycles. The third-order valence-corrected chi connectivity index (χ3v) is 3.16. The molecule has 86 valence electrons. The van der Waals surface area contributed by atoms with Crippen LogP contribution in [0.4, 0.5) is 0 Å². The van der Waals surface area contributed by atoms with Crippen molar-refractivity contribution in [2.75, 3.05) is 14.1 Å². The Hall–Kier alpha value is -0.610. The van der Waals surface area contributed by atoms with Crippen LogP contribution in [0.5, 0.6) is 0 Å². The van der Waals surface area contributed by atoms with Gasteiger partial charge in [-0.3, -0.25) is 0 Å². The zero-order chi connectivity index (χ0) is 11.6. The first-order valence-corrected chi connectivity index (χ1v) is 5.78. The number of hydrogen-bond donors (Lipinski definition) is 1. The summed E-state index contributed by atoms with van der Waals surface area (Å²) in [5, 5.41) is 0. The average molecular weight is 227 g/mol. The van der Waals surface area contributed by atoms with Crippen LogP contribution in [0.15, 0.2) is 6.20 Å². The Bertz CT molecular complexity index is 362. The van der Waals surface area contributed by atoms with E-state index in [0.29, 0.717) is 12.0 Å². The van der Waals surface area contributed by atoms with Crippen LogP contribution in [-0.4, -0.2) is 34.6 Å². The molecule has 1 aromatic rings. The monoisotopic (exact) mass is 227 g/mol. The molecule has 4 heteroatoms. The Morgan fingerprint density at radius 2 is 2.00 bits per heavy atom. The van der Waals surface area contributed by atoms with E-state index in [1.807, 2.05) is 6.20 Å². The van der Waals surface area contributed by atoms with Gasteiger partial charge in [0.15, 0.2) is 4.77 Å². The zero-order valence-electron chi connectivity index (χ0n) is 10.2. The van der Waals surface area contributed by atoms with E-state index in [9.17, 15) is 0 Å². The second kappa shape index (κ2) is 4.94. The summed E-state index contributed by atoms with van der Waals surface area (Å²) in [6, 6.07) is 0.491. The van der Waals surface area contributed by atoms with Crippen molar-refractivity contribution >= 4 is 12.2 Å². The topological polar surface area (TPSA) is 24.0 Å². The SMILES string of the molecule is CC(C)c1c[nH]c(=S)n1CC(C)N(C)C. The number of nitrogens with zero attached hydrogens (tertiary/aromatic N) is 2. The number of rotatable bonds is 4. The first-order valence-electron chi connectivity index (χ1n) is 5.38. The summed E-state index contributed by atoms with van der Waals surface area (Å²) in [4.78, 5) is 5.33. The van der Waals surface area contributed by atoms with E-state index < -0.39 is 0 Å². The highest BCUT2D eigenvalue weighted by Crippen LogP contribution is 2.15. The molecule has 0 saturated carbocycles. The van der Waals surface area contributed by atoms with Gasteiger partial charge in [-0.05, 0) is 39.2 Å². The molecule has 0 saturated heterocycles. The van der Waals surface area contributed by atoms with Crippen LogP contribution in [-0.2, 0) is 6.54 Å². The summed E-state index contributed by atoms with van der Waals surface area (Å²) in [6.07, 6.45) is 2.02. The predicted molar refractivity (Wildman–Crippen MR) is 66.9 cm³/mol. The van der Waals surface area contributed by atoms with Crippen molar-refractivity contribution in [1.82, 2.24) is 14.5 Å². The molecular weight excluding hydrogens is 206 g/mol. The lowest BCUT2D eigenvalue weighted by Gasteiger charge is -2.22. The molecule has 0 aliphatic rings. The number of aromatic amines is 1. The molecule has 0 aromatic carbocycles. The smallest absolute Gasteiger partial charge is 0.177 e. The van der Waals surface area contributed by atoms with E-state index in [1.165, 1.54) is 5.69 Å². The summed E-state index contributed by atoms with van der Waals surface area (Å²) in [6.45, 7) is 7.53. The summed E-state index contributed by atoms with van der Waals surface area (Å²) >= 11 is 5.29. The van der Waals surface area contributed by atoms with Crippen molar-refractivity contribution in [3.63, 3.8) is 0 Å². The van der Waals surface area contributed by atoms with E-state index in [1.54, 1.807) is 0 Å². The van der Waals surface area contributed by atoms with Gasteiger partial charge in [0, 0.05) is 24.5 Å². The third-order valence-electron chi connectivity index (χ3n) is 2.82. The number of likely N-dealkylation sites (N-methyl/N-ethyl adjacent to an activating group) is 1. The molecule has 0 fully saturated rings. The highest BCUT2D eigenvalue weighted by molar-refractivity contribution is 7.71. The molecular formula is C11H21N3S. The highest BCUT2D eigenvalue weighted by Gasteiger charge is 2.11. The molecule has 1 heterocycles. The van der Waals surface area contributed by atoms with Crippen molar-refractivity contribution in [3.8, 4) is 0 Å². The molecule has 0 amide bonds. The molecule has 1 unspecified atom stereocenters. The van der Waals surface area contributed by atoms with Gasteiger partial charge in [0.25, 0.3) is 0 Å². The van der Waals surface area contributed by atoms with Crippen LogP contribution in [0.3, 0.4) is 0 Å². The lowest BCUT2D eigenvalue weighted by atomic mass is 10.1. The van der Waals surface area contributed by atoms with Crippen molar-refractivity contribution in [2.45, 2.75) is 39.3 Å². The second-order valence-corrected chi connectivity index (χ2v) is 4.98. The van der Waals surface area contributed by atoms with Gasteiger partial charge >= 0.3 is 0 Å². The molecule has 1 rings (SSSR count). The molecule has 0 aliphatic carbocycles. The Morgan fingerprint density at radius 1 is 1.40 bits per heavy atom. The van der Waals surface area contributed by atoms with Crippen LogP contribution < -0.4 is 0 Å². The molecule has 1 N–H and O–H groups in total. The van der Waals surface area contributed by atoms with E-state index in [2.05, 4.69) is 49.3 Å². The Balaban J connectivity index is 2.93. The van der Waals surface area contributed by atoms with Crippen molar-refractivity contribution in [2.24, 2.45) is 0 Å². The van der Waals surface area contributed by atoms with Crippen LogP contribution in [0, 0.1) is 4.77 Å². The van der Waals surface area contributed by atoms with Gasteiger partial charge in [-0.1, -0.05) is 13.8 Å². The maximum absolute atomic E-state index is 5.29. The van der Waals surface area contributed by atoms with Gasteiger partial charge < -0.3 is 14.5 Å². The van der Waals surface area contributed by atoms with Gasteiger partial charge in [0.2, 0.25) is 0 Å². The fourth-order valence-electron chi connectivity index (χ4n) is 1.50. The largest absolute Gasteiger partial charge is 0.337 e. The minimum atomic E-state index is 0.491.